The minimum Gasteiger partial charge on any atom is -1.00 e. The van der Waals surface area contributed by atoms with E-state index in [0.717, 1.165) is 19.3 Å². The Morgan fingerprint density at radius 2 is 2.15 bits per heavy atom. The average Bonchev–Trinajstić information content (AvgIpc) is 2.31. The van der Waals surface area contributed by atoms with Crippen LogP contribution in [0.25, 0.3) is 0 Å². The minimum absolute atomic E-state index is 0. The zero-order chi connectivity index (χ0) is 7.40. The molecule has 13 heavy (non-hydrogen) atoms. The van der Waals surface area contributed by atoms with E-state index in [0.29, 0.717) is 0 Å². The van der Waals surface area contributed by atoms with Crippen molar-refractivity contribution in [2.24, 2.45) is 0 Å². The Labute approximate surface area is 113 Å². The number of rotatable bonds is 3. The van der Waals surface area contributed by atoms with Gasteiger partial charge in [0.2, 0.25) is 0 Å². The van der Waals surface area contributed by atoms with Gasteiger partial charge in [0, 0.05) is 0 Å². The van der Waals surface area contributed by atoms with Gasteiger partial charge in [-0.15, -0.1) is 6.58 Å². The molecule has 0 amide bonds. The smallest absolute Gasteiger partial charge is 1.00 e. The summed E-state index contributed by atoms with van der Waals surface area (Å²) in [6.45, 7) is 5.78. The van der Waals surface area contributed by atoms with Gasteiger partial charge in [-0.05, 0) is 12.8 Å². The number of hydrogen-bond donors (Lipinski definition) is 0. The number of hydrogen-bond acceptors (Lipinski definition) is 0. The molecular formula is C10H13Cl2Zr. The predicted octanol–water partition coefficient (Wildman–Crippen LogP) is -2.96. The van der Waals surface area contributed by atoms with Crippen molar-refractivity contribution in [3.05, 3.63) is 36.0 Å². The van der Waals surface area contributed by atoms with Gasteiger partial charge in [0.05, 0.1) is 0 Å². The van der Waals surface area contributed by atoms with Crippen LogP contribution in [0.2, 0.25) is 0 Å². The van der Waals surface area contributed by atoms with Gasteiger partial charge in [0.25, 0.3) is 0 Å². The zero-order valence-electron chi connectivity index (χ0n) is 7.74. The summed E-state index contributed by atoms with van der Waals surface area (Å²) in [4.78, 5) is 0. The quantitative estimate of drug-likeness (QED) is 0.386. The molecule has 0 saturated heterocycles. The van der Waals surface area contributed by atoms with Crippen LogP contribution in [0.1, 0.15) is 26.2 Å². The molecule has 0 unspecified atom stereocenters. The van der Waals surface area contributed by atoms with E-state index in [-0.39, 0.29) is 51.0 Å². The van der Waals surface area contributed by atoms with Crippen molar-refractivity contribution in [1.82, 2.24) is 0 Å². The second-order valence-corrected chi connectivity index (χ2v) is 2.65. The van der Waals surface area contributed by atoms with E-state index in [2.05, 4.69) is 25.7 Å². The predicted molar refractivity (Wildman–Crippen MR) is 44.6 cm³/mol. The SMILES string of the molecule is C=CCCC1=[C-]C(C)=CC1.[Cl-].[Cl-].[Zr+3]. The molecule has 0 aromatic rings. The van der Waals surface area contributed by atoms with Gasteiger partial charge >= 0.3 is 26.2 Å². The first-order chi connectivity index (χ1) is 4.83. The molecule has 0 nitrogen and oxygen atoms in total. The maximum absolute atomic E-state index is 3.68. The summed E-state index contributed by atoms with van der Waals surface area (Å²) in [5.74, 6) is 0. The molecule has 3 heteroatoms. The van der Waals surface area contributed by atoms with Crippen LogP contribution in [0.3, 0.4) is 0 Å². The number of allylic oxidation sites excluding steroid dienone is 5. The number of halogens is 2. The van der Waals surface area contributed by atoms with Crippen molar-refractivity contribution in [2.75, 3.05) is 0 Å². The van der Waals surface area contributed by atoms with Gasteiger partial charge in [0.15, 0.2) is 0 Å². The van der Waals surface area contributed by atoms with E-state index in [4.69, 9.17) is 0 Å². The van der Waals surface area contributed by atoms with E-state index >= 15 is 0 Å². The van der Waals surface area contributed by atoms with E-state index in [9.17, 15) is 0 Å². The molecule has 0 aromatic carbocycles. The monoisotopic (exact) mass is 293 g/mol. The minimum atomic E-state index is 0. The summed E-state index contributed by atoms with van der Waals surface area (Å²) in [5.41, 5.74) is 2.72. The maximum atomic E-state index is 3.68. The Morgan fingerprint density at radius 3 is 2.54 bits per heavy atom. The third-order valence-corrected chi connectivity index (χ3v) is 1.68. The molecule has 0 fully saturated rings. The zero-order valence-corrected chi connectivity index (χ0v) is 11.7. The van der Waals surface area contributed by atoms with Crippen LogP contribution < -0.4 is 24.8 Å². The molecule has 1 aliphatic carbocycles. The topological polar surface area (TPSA) is 0 Å². The Morgan fingerprint density at radius 1 is 1.54 bits per heavy atom. The van der Waals surface area contributed by atoms with Gasteiger partial charge in [-0.1, -0.05) is 19.4 Å². The van der Waals surface area contributed by atoms with Crippen molar-refractivity contribution < 1.29 is 51.0 Å². The fourth-order valence-corrected chi connectivity index (χ4v) is 1.10. The fraction of sp³-hybridized carbons (Fsp3) is 0.400. The van der Waals surface area contributed by atoms with Gasteiger partial charge in [-0.3, -0.25) is 0 Å². The van der Waals surface area contributed by atoms with Gasteiger partial charge in [-0.25, -0.2) is 17.7 Å². The molecule has 1 radical (unpaired) electrons. The molecule has 1 rings (SSSR count). The van der Waals surface area contributed by atoms with Crippen LogP contribution in [0.5, 0.6) is 0 Å². The standard InChI is InChI=1S/C10H13.2ClH.Zr/c1-3-4-5-10-7-6-9(2)8-10;;;/h3,6H,1,4-5,7H2,2H3;2*1H;/q-1;;;+3/p-2. The molecule has 0 N–H and O–H groups in total. The second kappa shape index (κ2) is 10.8. The van der Waals surface area contributed by atoms with Crippen molar-refractivity contribution in [1.29, 1.82) is 0 Å². The van der Waals surface area contributed by atoms with E-state index in [1.54, 1.807) is 0 Å². The van der Waals surface area contributed by atoms with Crippen LogP contribution >= 0.6 is 0 Å². The molecule has 0 saturated carbocycles. The average molecular weight is 295 g/mol. The molecular weight excluding hydrogens is 282 g/mol. The summed E-state index contributed by atoms with van der Waals surface area (Å²) in [5, 5.41) is 0. The van der Waals surface area contributed by atoms with Crippen LogP contribution in [0.15, 0.2) is 29.9 Å². The van der Waals surface area contributed by atoms with E-state index in [1.807, 2.05) is 6.08 Å². The summed E-state index contributed by atoms with van der Waals surface area (Å²) in [6.07, 6.45) is 10.8. The summed E-state index contributed by atoms with van der Waals surface area (Å²) in [7, 11) is 0. The van der Waals surface area contributed by atoms with Gasteiger partial charge < -0.3 is 24.8 Å². The first-order valence-corrected chi connectivity index (χ1v) is 3.72. The molecule has 1 aliphatic rings. The van der Waals surface area contributed by atoms with Crippen molar-refractivity contribution in [3.63, 3.8) is 0 Å². The normalized spacial score (nSPS) is 12.7. The Hall–Kier alpha value is 0.683. The Bertz CT molecular complexity index is 195. The van der Waals surface area contributed by atoms with Crippen molar-refractivity contribution in [2.45, 2.75) is 26.2 Å². The van der Waals surface area contributed by atoms with E-state index in [1.165, 1.54) is 11.1 Å². The Balaban J connectivity index is -0.000000333. The van der Waals surface area contributed by atoms with Crippen LogP contribution in [-0.4, -0.2) is 0 Å². The summed E-state index contributed by atoms with van der Waals surface area (Å²) >= 11 is 0. The first-order valence-electron chi connectivity index (χ1n) is 3.72. The van der Waals surface area contributed by atoms with Crippen LogP contribution in [0, 0.1) is 6.08 Å². The summed E-state index contributed by atoms with van der Waals surface area (Å²) < 4.78 is 0. The first kappa shape index (κ1) is 19.3. The maximum Gasteiger partial charge on any atom is 3.00 e. The second-order valence-electron chi connectivity index (χ2n) is 2.65. The molecule has 0 heterocycles. The largest absolute Gasteiger partial charge is 3.00 e. The molecule has 0 aromatic heterocycles. The van der Waals surface area contributed by atoms with Crippen LogP contribution in [-0.2, 0) is 26.2 Å². The van der Waals surface area contributed by atoms with Gasteiger partial charge in [0.1, 0.15) is 0 Å². The van der Waals surface area contributed by atoms with Gasteiger partial charge in [-0.2, -0.15) is 5.57 Å². The third-order valence-electron chi connectivity index (χ3n) is 1.68. The fourth-order valence-electron chi connectivity index (χ4n) is 1.10. The van der Waals surface area contributed by atoms with Crippen molar-refractivity contribution in [3.8, 4) is 0 Å². The van der Waals surface area contributed by atoms with Crippen LogP contribution in [0.4, 0.5) is 0 Å². The molecule has 0 atom stereocenters. The third kappa shape index (κ3) is 7.73. The summed E-state index contributed by atoms with van der Waals surface area (Å²) in [6, 6.07) is 0. The molecule has 0 bridgehead atoms. The molecule has 0 spiro atoms. The molecule has 71 valence electrons. The Kier molecular flexibility index (Phi) is 16.0. The molecule has 0 aliphatic heterocycles. The van der Waals surface area contributed by atoms with E-state index < -0.39 is 0 Å². The van der Waals surface area contributed by atoms with Crippen molar-refractivity contribution >= 4 is 0 Å².